The third kappa shape index (κ3) is 6.46. The second-order valence-electron chi connectivity index (χ2n) is 7.42. The fourth-order valence-corrected chi connectivity index (χ4v) is 3.76. The van der Waals surface area contributed by atoms with E-state index in [9.17, 15) is 22.8 Å². The van der Waals surface area contributed by atoms with Crippen molar-refractivity contribution in [3.63, 3.8) is 0 Å². The van der Waals surface area contributed by atoms with Crippen molar-refractivity contribution in [3.05, 3.63) is 64.1 Å². The molecule has 0 radical (unpaired) electrons. The second kappa shape index (κ2) is 9.72. The summed E-state index contributed by atoms with van der Waals surface area (Å²) in [4.78, 5) is 27.0. The molecule has 1 unspecified atom stereocenters. The summed E-state index contributed by atoms with van der Waals surface area (Å²) in [6.45, 7) is 2.75. The molecule has 3 rings (SSSR count). The Labute approximate surface area is 186 Å². The van der Waals surface area contributed by atoms with E-state index < -0.39 is 6.36 Å². The maximum atomic E-state index is 12.6. The molecule has 5 nitrogen and oxygen atoms in total. The van der Waals surface area contributed by atoms with Crippen molar-refractivity contribution in [1.29, 1.82) is 0 Å². The minimum atomic E-state index is -4.74. The Morgan fingerprint density at radius 3 is 2.19 bits per heavy atom. The highest BCUT2D eigenvalue weighted by Gasteiger charge is 2.31. The van der Waals surface area contributed by atoms with Gasteiger partial charge < -0.3 is 15.0 Å². The summed E-state index contributed by atoms with van der Waals surface area (Å²) in [5, 5.41) is 2.90. The van der Waals surface area contributed by atoms with E-state index in [-0.39, 0.29) is 29.5 Å². The van der Waals surface area contributed by atoms with Crippen LogP contribution in [-0.4, -0.2) is 36.2 Å². The molecular formula is C22H22BrF3N2O3. The highest BCUT2D eigenvalue weighted by molar-refractivity contribution is 9.10. The maximum absolute atomic E-state index is 12.6. The molecule has 0 saturated carbocycles. The van der Waals surface area contributed by atoms with Crippen LogP contribution in [0.15, 0.2) is 53.0 Å². The Morgan fingerprint density at radius 1 is 1.06 bits per heavy atom. The first kappa shape index (κ1) is 23.1. The monoisotopic (exact) mass is 498 g/mol. The fourth-order valence-electron chi connectivity index (χ4n) is 3.49. The number of halogens is 4. The summed E-state index contributed by atoms with van der Waals surface area (Å²) < 4.78 is 41.5. The molecule has 0 bridgehead atoms. The molecule has 9 heteroatoms. The van der Waals surface area contributed by atoms with Gasteiger partial charge in [0.1, 0.15) is 5.75 Å². The number of piperidine rings is 1. The van der Waals surface area contributed by atoms with Gasteiger partial charge in [-0.2, -0.15) is 0 Å². The molecule has 1 N–H and O–H groups in total. The molecule has 1 saturated heterocycles. The van der Waals surface area contributed by atoms with Crippen LogP contribution in [0.2, 0.25) is 0 Å². The van der Waals surface area contributed by atoms with Crippen LogP contribution in [0.4, 0.5) is 13.2 Å². The Kier molecular flexibility index (Phi) is 7.25. The van der Waals surface area contributed by atoms with Crippen LogP contribution in [0.1, 0.15) is 41.7 Å². The molecule has 1 fully saturated rings. The van der Waals surface area contributed by atoms with Gasteiger partial charge in [0.25, 0.3) is 5.91 Å². The number of ether oxygens (including phenoxy) is 1. The van der Waals surface area contributed by atoms with E-state index in [4.69, 9.17) is 0 Å². The molecule has 2 aromatic rings. The van der Waals surface area contributed by atoms with Crippen molar-refractivity contribution in [2.75, 3.05) is 13.1 Å². The molecule has 166 valence electrons. The number of nitrogens with zero attached hydrogens (tertiary/aromatic N) is 1. The van der Waals surface area contributed by atoms with E-state index in [2.05, 4.69) is 26.0 Å². The minimum Gasteiger partial charge on any atom is -0.406 e. The number of rotatable bonds is 5. The lowest BCUT2D eigenvalue weighted by Gasteiger charge is -2.32. The lowest BCUT2D eigenvalue weighted by molar-refractivity contribution is -0.274. The van der Waals surface area contributed by atoms with Crippen molar-refractivity contribution in [2.45, 2.75) is 32.2 Å². The predicted molar refractivity (Wildman–Crippen MR) is 112 cm³/mol. The van der Waals surface area contributed by atoms with Gasteiger partial charge in [-0.1, -0.05) is 28.1 Å². The van der Waals surface area contributed by atoms with Gasteiger partial charge in [0.2, 0.25) is 5.91 Å². The quantitative estimate of drug-likeness (QED) is 0.625. The van der Waals surface area contributed by atoms with Crippen LogP contribution < -0.4 is 10.1 Å². The van der Waals surface area contributed by atoms with Gasteiger partial charge in [-0.05, 0) is 61.7 Å². The van der Waals surface area contributed by atoms with E-state index in [0.717, 1.165) is 4.47 Å². The largest absolute Gasteiger partial charge is 0.573 e. The normalized spacial score (nSPS) is 16.0. The summed E-state index contributed by atoms with van der Waals surface area (Å²) in [7, 11) is 0. The number of benzene rings is 2. The third-order valence-electron chi connectivity index (χ3n) is 5.22. The predicted octanol–water partition coefficient (Wildman–Crippen LogP) is 5.08. The van der Waals surface area contributed by atoms with Crippen molar-refractivity contribution in [1.82, 2.24) is 10.2 Å². The number of amides is 2. The summed E-state index contributed by atoms with van der Waals surface area (Å²) in [5.74, 6) is -0.707. The molecule has 31 heavy (non-hydrogen) atoms. The Hall–Kier alpha value is -2.55. The number of hydrogen-bond acceptors (Lipinski definition) is 3. The average Bonchev–Trinajstić information content (AvgIpc) is 2.73. The third-order valence-corrected chi connectivity index (χ3v) is 5.75. The van der Waals surface area contributed by atoms with Gasteiger partial charge in [-0.3, -0.25) is 9.59 Å². The molecule has 1 aliphatic rings. The zero-order valence-electron chi connectivity index (χ0n) is 16.8. The molecule has 0 spiro atoms. The van der Waals surface area contributed by atoms with Crippen LogP contribution >= 0.6 is 15.9 Å². The van der Waals surface area contributed by atoms with Gasteiger partial charge in [-0.25, -0.2) is 0 Å². The van der Waals surface area contributed by atoms with Crippen LogP contribution in [-0.2, 0) is 4.79 Å². The summed E-state index contributed by atoms with van der Waals surface area (Å²) in [6.07, 6.45) is -3.63. The molecule has 2 amide bonds. The van der Waals surface area contributed by atoms with E-state index >= 15 is 0 Å². The Bertz CT molecular complexity index is 909. The van der Waals surface area contributed by atoms with Gasteiger partial charge in [-0.15, -0.1) is 13.2 Å². The molecule has 1 heterocycles. The smallest absolute Gasteiger partial charge is 0.406 e. The van der Waals surface area contributed by atoms with Crippen molar-refractivity contribution >= 4 is 27.7 Å². The average molecular weight is 499 g/mol. The summed E-state index contributed by atoms with van der Waals surface area (Å²) in [5.41, 5.74) is 1.28. The topological polar surface area (TPSA) is 58.6 Å². The lowest BCUT2D eigenvalue weighted by Crippen LogP contribution is -2.43. The number of hydrogen-bond donors (Lipinski definition) is 1. The molecule has 2 aromatic carbocycles. The standard InChI is InChI=1S/C22H22BrF3N2O3/c1-14(15-4-8-19(9-5-15)31-22(24,25)26)27-20(29)16-10-12-28(13-11-16)21(30)17-2-6-18(23)7-3-17/h2-9,14,16H,10-13H2,1H3,(H,27,29). The number of carbonyl (C=O) groups is 2. The van der Waals surface area contributed by atoms with Crippen molar-refractivity contribution in [2.24, 2.45) is 5.92 Å². The second-order valence-corrected chi connectivity index (χ2v) is 8.34. The number of alkyl halides is 3. The zero-order chi connectivity index (χ0) is 22.6. The molecule has 1 atom stereocenters. The SMILES string of the molecule is CC(NC(=O)C1CCN(C(=O)c2ccc(Br)cc2)CC1)c1ccc(OC(F)(F)F)cc1. The first-order valence-corrected chi connectivity index (χ1v) is 10.6. The fraction of sp³-hybridized carbons (Fsp3) is 0.364. The number of carbonyl (C=O) groups excluding carboxylic acids is 2. The first-order chi connectivity index (χ1) is 14.6. The molecule has 0 aliphatic carbocycles. The molecular weight excluding hydrogens is 477 g/mol. The Morgan fingerprint density at radius 2 is 1.65 bits per heavy atom. The van der Waals surface area contributed by atoms with Crippen LogP contribution in [0, 0.1) is 5.92 Å². The van der Waals surface area contributed by atoms with Gasteiger partial charge >= 0.3 is 6.36 Å². The first-order valence-electron chi connectivity index (χ1n) is 9.83. The molecule has 1 aliphatic heterocycles. The lowest BCUT2D eigenvalue weighted by atomic mass is 9.94. The van der Waals surface area contributed by atoms with Crippen LogP contribution in [0.25, 0.3) is 0 Å². The molecule has 0 aromatic heterocycles. The minimum absolute atomic E-state index is 0.0547. The van der Waals surface area contributed by atoms with E-state index in [1.807, 2.05) is 12.1 Å². The number of nitrogens with one attached hydrogen (secondary N) is 1. The van der Waals surface area contributed by atoms with Crippen LogP contribution in [0.5, 0.6) is 5.75 Å². The van der Waals surface area contributed by atoms with E-state index in [0.29, 0.717) is 37.1 Å². The van der Waals surface area contributed by atoms with E-state index in [1.54, 1.807) is 24.0 Å². The number of likely N-dealkylation sites (tertiary alicyclic amines) is 1. The van der Waals surface area contributed by atoms with Crippen LogP contribution in [0.3, 0.4) is 0 Å². The van der Waals surface area contributed by atoms with Gasteiger partial charge in [0, 0.05) is 29.0 Å². The van der Waals surface area contributed by atoms with E-state index in [1.165, 1.54) is 24.3 Å². The highest BCUT2D eigenvalue weighted by atomic mass is 79.9. The highest BCUT2D eigenvalue weighted by Crippen LogP contribution is 2.25. The summed E-state index contributed by atoms with van der Waals surface area (Å²) >= 11 is 3.34. The zero-order valence-corrected chi connectivity index (χ0v) is 18.4. The summed E-state index contributed by atoms with van der Waals surface area (Å²) in [6, 6.07) is 12.2. The Balaban J connectivity index is 1.50. The van der Waals surface area contributed by atoms with Crippen molar-refractivity contribution < 1.29 is 27.5 Å². The van der Waals surface area contributed by atoms with Crippen molar-refractivity contribution in [3.8, 4) is 5.75 Å². The van der Waals surface area contributed by atoms with Gasteiger partial charge in [0.05, 0.1) is 6.04 Å². The maximum Gasteiger partial charge on any atom is 0.573 e. The van der Waals surface area contributed by atoms with Gasteiger partial charge in [0.15, 0.2) is 0 Å².